The van der Waals surface area contributed by atoms with E-state index in [1.54, 1.807) is 6.21 Å². The number of nitrogens with two attached hydrogens (primary N) is 1. The first kappa shape index (κ1) is 15.3. The summed E-state index contributed by atoms with van der Waals surface area (Å²) in [5, 5.41) is 12.3. The van der Waals surface area contributed by atoms with Crippen molar-refractivity contribution >= 4 is 18.1 Å². The Morgan fingerprint density at radius 1 is 1.53 bits per heavy atom. The van der Waals surface area contributed by atoms with Crippen LogP contribution in [-0.2, 0) is 9.59 Å². The standard InChI is InChI=1S/C11H19N3O3/c1-8(7-13-14-9(2)15)3-4-10(6-12)5-11(16)17/h5,7-8H,3-4,6,12H2,1-2H3,(H,14,15)(H,16,17)/b10-5-,13-7-. The number of carboxylic acids is 1. The summed E-state index contributed by atoms with van der Waals surface area (Å²) >= 11 is 0. The number of carbonyl (C=O) groups excluding carboxylic acids is 1. The smallest absolute Gasteiger partial charge is 0.328 e. The fourth-order valence-corrected chi connectivity index (χ4v) is 1.15. The van der Waals surface area contributed by atoms with Crippen LogP contribution in [0.3, 0.4) is 0 Å². The second kappa shape index (κ2) is 8.46. The highest BCUT2D eigenvalue weighted by Gasteiger charge is 2.03. The third kappa shape index (κ3) is 9.25. The Morgan fingerprint density at radius 2 is 2.18 bits per heavy atom. The number of amides is 1. The van der Waals surface area contributed by atoms with Gasteiger partial charge < -0.3 is 10.8 Å². The second-order valence-electron chi connectivity index (χ2n) is 3.81. The second-order valence-corrected chi connectivity index (χ2v) is 3.81. The van der Waals surface area contributed by atoms with Gasteiger partial charge in [-0.25, -0.2) is 10.2 Å². The fraction of sp³-hybridized carbons (Fsp3) is 0.545. The predicted octanol–water partition coefficient (Wildman–Crippen LogP) is 0.494. The Morgan fingerprint density at radius 3 is 2.65 bits per heavy atom. The summed E-state index contributed by atoms with van der Waals surface area (Å²) in [7, 11) is 0. The molecule has 0 aliphatic rings. The van der Waals surface area contributed by atoms with Crippen LogP contribution < -0.4 is 11.2 Å². The molecule has 6 nitrogen and oxygen atoms in total. The molecule has 1 atom stereocenters. The van der Waals surface area contributed by atoms with E-state index in [1.807, 2.05) is 6.92 Å². The Hall–Kier alpha value is -1.69. The van der Waals surface area contributed by atoms with Crippen molar-refractivity contribution in [1.82, 2.24) is 5.43 Å². The van der Waals surface area contributed by atoms with Crippen LogP contribution in [0.25, 0.3) is 0 Å². The van der Waals surface area contributed by atoms with Crippen LogP contribution in [0.4, 0.5) is 0 Å². The highest BCUT2D eigenvalue weighted by Crippen LogP contribution is 2.09. The molecule has 0 saturated carbocycles. The molecule has 0 spiro atoms. The van der Waals surface area contributed by atoms with Crippen molar-refractivity contribution in [2.45, 2.75) is 26.7 Å². The van der Waals surface area contributed by atoms with Gasteiger partial charge in [-0.05, 0) is 24.3 Å². The van der Waals surface area contributed by atoms with Gasteiger partial charge in [0, 0.05) is 25.8 Å². The number of hydrogen-bond donors (Lipinski definition) is 3. The average Bonchev–Trinajstić information content (AvgIpc) is 2.23. The molecule has 0 radical (unpaired) electrons. The van der Waals surface area contributed by atoms with Gasteiger partial charge in [-0.3, -0.25) is 4.79 Å². The van der Waals surface area contributed by atoms with Crippen LogP contribution >= 0.6 is 0 Å². The molecule has 0 aliphatic heterocycles. The lowest BCUT2D eigenvalue weighted by atomic mass is 10.0. The number of hydrazone groups is 1. The van der Waals surface area contributed by atoms with E-state index in [0.717, 1.165) is 12.5 Å². The molecule has 0 aromatic rings. The lowest BCUT2D eigenvalue weighted by Gasteiger charge is -2.07. The number of rotatable bonds is 7. The van der Waals surface area contributed by atoms with E-state index >= 15 is 0 Å². The summed E-state index contributed by atoms with van der Waals surface area (Å²) in [6.07, 6.45) is 4.10. The summed E-state index contributed by atoms with van der Waals surface area (Å²) in [6, 6.07) is 0. The van der Waals surface area contributed by atoms with Gasteiger partial charge in [0.2, 0.25) is 5.91 Å². The van der Waals surface area contributed by atoms with Crippen LogP contribution in [0.15, 0.2) is 16.8 Å². The zero-order valence-electron chi connectivity index (χ0n) is 10.1. The zero-order valence-corrected chi connectivity index (χ0v) is 10.1. The highest BCUT2D eigenvalue weighted by molar-refractivity contribution is 5.80. The van der Waals surface area contributed by atoms with E-state index in [2.05, 4.69) is 10.5 Å². The predicted molar refractivity (Wildman–Crippen MR) is 65.5 cm³/mol. The minimum atomic E-state index is -0.981. The molecule has 96 valence electrons. The minimum absolute atomic E-state index is 0.144. The molecule has 1 amide bonds. The summed E-state index contributed by atoms with van der Waals surface area (Å²) in [6.45, 7) is 3.55. The fourth-order valence-electron chi connectivity index (χ4n) is 1.15. The van der Waals surface area contributed by atoms with Gasteiger partial charge in [-0.1, -0.05) is 6.92 Å². The Labute approximate surface area is 101 Å². The molecular formula is C11H19N3O3. The number of nitrogens with zero attached hydrogens (tertiary/aromatic N) is 1. The van der Waals surface area contributed by atoms with Crippen molar-refractivity contribution in [3.63, 3.8) is 0 Å². The first-order chi connectivity index (χ1) is 7.95. The van der Waals surface area contributed by atoms with Gasteiger partial charge in [-0.2, -0.15) is 5.10 Å². The maximum atomic E-state index is 10.5. The summed E-state index contributed by atoms with van der Waals surface area (Å²) in [5.41, 5.74) is 8.42. The first-order valence-corrected chi connectivity index (χ1v) is 5.38. The van der Waals surface area contributed by atoms with Crippen LogP contribution in [0.5, 0.6) is 0 Å². The average molecular weight is 241 g/mol. The van der Waals surface area contributed by atoms with Gasteiger partial charge in [-0.15, -0.1) is 0 Å². The molecule has 1 unspecified atom stereocenters. The topological polar surface area (TPSA) is 105 Å². The van der Waals surface area contributed by atoms with Crippen LogP contribution in [0, 0.1) is 5.92 Å². The molecule has 4 N–H and O–H groups in total. The molecule has 0 aromatic carbocycles. The molecule has 17 heavy (non-hydrogen) atoms. The summed E-state index contributed by atoms with van der Waals surface area (Å²) < 4.78 is 0. The Kier molecular flexibility index (Phi) is 7.62. The van der Waals surface area contributed by atoms with Crippen LogP contribution in [0.2, 0.25) is 0 Å². The maximum absolute atomic E-state index is 10.5. The van der Waals surface area contributed by atoms with E-state index in [4.69, 9.17) is 10.8 Å². The van der Waals surface area contributed by atoms with E-state index in [9.17, 15) is 9.59 Å². The van der Waals surface area contributed by atoms with E-state index in [0.29, 0.717) is 12.0 Å². The number of aliphatic carboxylic acids is 1. The normalized spacial score (nSPS) is 13.7. The largest absolute Gasteiger partial charge is 0.478 e. The molecule has 6 heteroatoms. The van der Waals surface area contributed by atoms with Crippen LogP contribution in [0.1, 0.15) is 26.7 Å². The monoisotopic (exact) mass is 241 g/mol. The van der Waals surface area contributed by atoms with Gasteiger partial charge in [0.25, 0.3) is 0 Å². The van der Waals surface area contributed by atoms with Gasteiger partial charge in [0.05, 0.1) is 0 Å². The van der Waals surface area contributed by atoms with Gasteiger partial charge in [0.15, 0.2) is 0 Å². The van der Waals surface area contributed by atoms with Gasteiger partial charge >= 0.3 is 5.97 Å². The molecule has 0 aromatic heterocycles. The molecule has 0 rings (SSSR count). The lowest BCUT2D eigenvalue weighted by molar-refractivity contribution is -0.131. The third-order valence-corrected chi connectivity index (χ3v) is 2.06. The molecule has 0 aliphatic carbocycles. The molecule has 0 fully saturated rings. The number of carbonyl (C=O) groups is 2. The SMILES string of the molecule is CC(=O)N/N=C\C(C)CC/C(=C/C(=O)O)CN. The van der Waals surface area contributed by atoms with E-state index in [-0.39, 0.29) is 18.4 Å². The third-order valence-electron chi connectivity index (χ3n) is 2.06. The van der Waals surface area contributed by atoms with Crippen molar-refractivity contribution in [1.29, 1.82) is 0 Å². The van der Waals surface area contributed by atoms with Crippen molar-refractivity contribution in [3.8, 4) is 0 Å². The molecular weight excluding hydrogens is 222 g/mol. The van der Waals surface area contributed by atoms with Crippen LogP contribution in [-0.4, -0.2) is 29.7 Å². The summed E-state index contributed by atoms with van der Waals surface area (Å²) in [5.74, 6) is -1.06. The first-order valence-electron chi connectivity index (χ1n) is 5.38. The molecule has 0 saturated heterocycles. The Bertz CT molecular complexity index is 324. The van der Waals surface area contributed by atoms with Crippen molar-refractivity contribution in [3.05, 3.63) is 11.6 Å². The quantitative estimate of drug-likeness (QED) is 0.343. The molecule has 0 heterocycles. The summed E-state index contributed by atoms with van der Waals surface area (Å²) in [4.78, 5) is 21.0. The number of hydrogen-bond acceptors (Lipinski definition) is 4. The molecule has 0 bridgehead atoms. The zero-order chi connectivity index (χ0) is 13.3. The van der Waals surface area contributed by atoms with Gasteiger partial charge in [0.1, 0.15) is 0 Å². The van der Waals surface area contributed by atoms with Crippen molar-refractivity contribution in [2.75, 3.05) is 6.54 Å². The number of carboxylic acid groups (broad SMARTS) is 1. The Balaban J connectivity index is 4.05. The van der Waals surface area contributed by atoms with E-state index in [1.165, 1.54) is 6.92 Å². The lowest BCUT2D eigenvalue weighted by Crippen LogP contribution is -2.14. The number of nitrogens with one attached hydrogen (secondary N) is 1. The van der Waals surface area contributed by atoms with Crippen molar-refractivity contribution in [2.24, 2.45) is 16.8 Å². The maximum Gasteiger partial charge on any atom is 0.328 e. The van der Waals surface area contributed by atoms with E-state index < -0.39 is 5.97 Å². The minimum Gasteiger partial charge on any atom is -0.478 e. The highest BCUT2D eigenvalue weighted by atomic mass is 16.4. The van der Waals surface area contributed by atoms with Crippen molar-refractivity contribution < 1.29 is 14.7 Å².